The average Bonchev–Trinajstić information content (AvgIpc) is 1.61. The highest BCUT2D eigenvalue weighted by Crippen LogP contribution is 1.71. The molecule has 0 spiro atoms. The second-order valence-corrected chi connectivity index (χ2v) is 1.52. The largest absolute Gasteiger partial charge is 0.769 e. The van der Waals surface area contributed by atoms with E-state index in [-0.39, 0.29) is 0 Å². The van der Waals surface area contributed by atoms with E-state index in [9.17, 15) is 13.6 Å². The molecule has 0 saturated heterocycles. The van der Waals surface area contributed by atoms with E-state index in [0.717, 1.165) is 11.5 Å². The van der Waals surface area contributed by atoms with Crippen molar-refractivity contribution in [2.75, 3.05) is 0 Å². The van der Waals surface area contributed by atoms with Crippen molar-refractivity contribution in [1.29, 1.82) is 0 Å². The first kappa shape index (κ1) is 6.52. The van der Waals surface area contributed by atoms with E-state index in [4.69, 9.17) is 0 Å². The number of rotatable bonds is 2. The van der Waals surface area contributed by atoms with Crippen LogP contribution in [-0.4, -0.2) is 15.0 Å². The number of allylic oxidation sites excluding steroid dienone is 1. The van der Waals surface area contributed by atoms with Gasteiger partial charge in [0.05, 0.1) is 0 Å². The molecule has 0 amide bonds. The first-order valence-electron chi connectivity index (χ1n) is 1.47. The topological polar surface area (TPSA) is 57.2 Å². The Bertz CT molecular complexity index is 107. The molecule has 7 heavy (non-hydrogen) atoms. The molecule has 0 aromatic heterocycles. The van der Waals surface area contributed by atoms with Crippen LogP contribution in [0.5, 0.6) is 0 Å². The predicted octanol–water partition coefficient (Wildman–Crippen LogP) is -0.422. The van der Waals surface area contributed by atoms with Gasteiger partial charge in [-0.2, -0.15) is 0 Å². The molecule has 40 valence electrons. The Kier molecular flexibility index (Phi) is 3.45. The van der Waals surface area contributed by atoms with E-state index in [1.165, 1.54) is 0 Å². The molecule has 1 atom stereocenters. The zero-order valence-electron chi connectivity index (χ0n) is 3.37. The van der Waals surface area contributed by atoms with Crippen LogP contribution in [0.3, 0.4) is 0 Å². The number of carbonyl (C=O) groups is 1. The van der Waals surface area contributed by atoms with E-state index < -0.39 is 11.1 Å². The van der Waals surface area contributed by atoms with Crippen LogP contribution in [0.2, 0.25) is 0 Å². The third-order valence-corrected chi connectivity index (χ3v) is 0.648. The standard InChI is InChI=1S/C3H4O3S/c4-2-1-3-7(5)6/h1-3H,(H,5,6)/p-1. The third-order valence-electron chi connectivity index (χ3n) is 0.268. The van der Waals surface area contributed by atoms with Gasteiger partial charge in [0.25, 0.3) is 0 Å². The lowest BCUT2D eigenvalue weighted by Crippen LogP contribution is -1.75. The van der Waals surface area contributed by atoms with E-state index in [1.807, 2.05) is 0 Å². The lowest BCUT2D eigenvalue weighted by atomic mass is 10.7. The number of carbonyl (C=O) groups excluding carboxylic acids is 1. The molecule has 0 aliphatic rings. The summed E-state index contributed by atoms with van der Waals surface area (Å²) in [7, 11) is 0. The lowest BCUT2D eigenvalue weighted by molar-refractivity contribution is -0.104. The van der Waals surface area contributed by atoms with Crippen molar-refractivity contribution in [1.82, 2.24) is 0 Å². The van der Waals surface area contributed by atoms with E-state index >= 15 is 0 Å². The minimum absolute atomic E-state index is 0.399. The molecular formula is C3H3O3S-. The molecule has 0 fully saturated rings. The van der Waals surface area contributed by atoms with Gasteiger partial charge in [-0.15, -0.1) is 0 Å². The van der Waals surface area contributed by atoms with Crippen molar-refractivity contribution in [2.45, 2.75) is 0 Å². The Morgan fingerprint density at radius 3 is 2.29 bits per heavy atom. The quantitative estimate of drug-likeness (QED) is 0.282. The molecule has 0 heterocycles. The minimum atomic E-state index is -2.23. The van der Waals surface area contributed by atoms with Gasteiger partial charge in [-0.25, -0.2) is 0 Å². The lowest BCUT2D eigenvalue weighted by Gasteiger charge is -1.89. The molecule has 3 nitrogen and oxygen atoms in total. The summed E-state index contributed by atoms with van der Waals surface area (Å²) < 4.78 is 19.0. The first-order chi connectivity index (χ1) is 3.27. The van der Waals surface area contributed by atoms with Crippen molar-refractivity contribution >= 4 is 17.4 Å². The van der Waals surface area contributed by atoms with Crippen molar-refractivity contribution in [2.24, 2.45) is 0 Å². The molecule has 0 aliphatic carbocycles. The van der Waals surface area contributed by atoms with Crippen LogP contribution in [0, 0.1) is 0 Å². The fraction of sp³-hybridized carbons (Fsp3) is 0. The Labute approximate surface area is 43.3 Å². The Morgan fingerprint density at radius 2 is 2.14 bits per heavy atom. The zero-order valence-corrected chi connectivity index (χ0v) is 4.18. The van der Waals surface area contributed by atoms with E-state index in [0.29, 0.717) is 6.29 Å². The SMILES string of the molecule is O=CC=CS(=O)[O-]. The summed E-state index contributed by atoms with van der Waals surface area (Å²) in [5.41, 5.74) is 0. The van der Waals surface area contributed by atoms with Crippen LogP contribution in [-0.2, 0) is 15.9 Å². The van der Waals surface area contributed by atoms with Crippen LogP contribution < -0.4 is 0 Å². The molecule has 0 N–H and O–H groups in total. The van der Waals surface area contributed by atoms with Crippen molar-refractivity contribution < 1.29 is 13.6 Å². The molecule has 0 bridgehead atoms. The van der Waals surface area contributed by atoms with Gasteiger partial charge in [0.15, 0.2) is 0 Å². The predicted molar refractivity (Wildman–Crippen MR) is 24.1 cm³/mol. The smallest absolute Gasteiger partial charge is 0.143 e. The molecule has 0 rings (SSSR count). The van der Waals surface area contributed by atoms with Crippen molar-refractivity contribution in [3.05, 3.63) is 11.5 Å². The summed E-state index contributed by atoms with van der Waals surface area (Å²) >= 11 is -2.23. The normalized spacial score (nSPS) is 14.4. The van der Waals surface area contributed by atoms with Gasteiger partial charge in [0.2, 0.25) is 0 Å². The summed E-state index contributed by atoms with van der Waals surface area (Å²) in [4.78, 5) is 9.35. The van der Waals surface area contributed by atoms with Crippen molar-refractivity contribution in [3.8, 4) is 0 Å². The number of hydrogen-bond acceptors (Lipinski definition) is 3. The highest BCUT2D eigenvalue weighted by atomic mass is 32.2. The van der Waals surface area contributed by atoms with E-state index in [1.54, 1.807) is 0 Å². The van der Waals surface area contributed by atoms with Crippen LogP contribution >= 0.6 is 0 Å². The summed E-state index contributed by atoms with van der Waals surface area (Å²) in [5, 5.41) is 0.771. The van der Waals surface area contributed by atoms with Crippen LogP contribution in [0.4, 0.5) is 0 Å². The van der Waals surface area contributed by atoms with Crippen LogP contribution in [0.1, 0.15) is 0 Å². The van der Waals surface area contributed by atoms with Crippen molar-refractivity contribution in [3.63, 3.8) is 0 Å². The number of aldehydes is 1. The second-order valence-electron chi connectivity index (χ2n) is 0.725. The fourth-order valence-electron chi connectivity index (χ4n) is 0.0962. The maximum absolute atomic E-state index is 9.51. The fourth-order valence-corrected chi connectivity index (χ4v) is 0.289. The molecule has 0 aromatic rings. The zero-order chi connectivity index (χ0) is 5.70. The van der Waals surface area contributed by atoms with Gasteiger partial charge in [0, 0.05) is 0 Å². The van der Waals surface area contributed by atoms with E-state index in [2.05, 4.69) is 0 Å². The Hall–Kier alpha value is -0.480. The highest BCUT2D eigenvalue weighted by molar-refractivity contribution is 7.82. The summed E-state index contributed by atoms with van der Waals surface area (Å²) in [6, 6.07) is 0. The molecule has 0 radical (unpaired) electrons. The van der Waals surface area contributed by atoms with Gasteiger partial charge in [-0.1, -0.05) is 0 Å². The molecule has 0 aromatic carbocycles. The minimum Gasteiger partial charge on any atom is -0.769 e. The molecule has 0 saturated carbocycles. The highest BCUT2D eigenvalue weighted by Gasteiger charge is 1.63. The molecule has 4 heteroatoms. The van der Waals surface area contributed by atoms with Crippen LogP contribution in [0.25, 0.3) is 0 Å². The maximum Gasteiger partial charge on any atom is 0.143 e. The average molecular weight is 119 g/mol. The van der Waals surface area contributed by atoms with Gasteiger partial charge in [-0.3, -0.25) is 9.00 Å². The summed E-state index contributed by atoms with van der Waals surface area (Å²) in [6.07, 6.45) is 1.30. The number of hydrogen-bond donors (Lipinski definition) is 0. The van der Waals surface area contributed by atoms with Gasteiger partial charge in [-0.05, 0) is 22.6 Å². The second kappa shape index (κ2) is 3.70. The third kappa shape index (κ3) is 5.52. The van der Waals surface area contributed by atoms with Crippen LogP contribution in [0.15, 0.2) is 11.5 Å². The maximum atomic E-state index is 9.51. The molecule has 1 unspecified atom stereocenters. The summed E-state index contributed by atoms with van der Waals surface area (Å²) in [5.74, 6) is 0. The molecule has 0 aliphatic heterocycles. The van der Waals surface area contributed by atoms with Gasteiger partial charge in [0.1, 0.15) is 6.29 Å². The Balaban J connectivity index is 3.46. The summed E-state index contributed by atoms with van der Waals surface area (Å²) in [6.45, 7) is 0. The Morgan fingerprint density at radius 1 is 1.57 bits per heavy atom. The molecular weight excluding hydrogens is 116 g/mol. The van der Waals surface area contributed by atoms with Gasteiger partial charge < -0.3 is 4.55 Å². The van der Waals surface area contributed by atoms with Gasteiger partial charge >= 0.3 is 0 Å². The monoisotopic (exact) mass is 119 g/mol. The first-order valence-corrected chi connectivity index (χ1v) is 2.61.